The Labute approximate surface area is 164 Å². The van der Waals surface area contributed by atoms with Crippen LogP contribution in [0.3, 0.4) is 0 Å². The topological polar surface area (TPSA) is 95.9 Å². The van der Waals surface area contributed by atoms with Crippen LogP contribution < -0.4 is 5.32 Å². The van der Waals surface area contributed by atoms with Crippen molar-refractivity contribution in [3.8, 4) is 0 Å². The van der Waals surface area contributed by atoms with Crippen LogP contribution in [0.4, 0.5) is 0 Å². The Morgan fingerprint density at radius 1 is 1.32 bits per heavy atom. The molecule has 2 fully saturated rings. The predicted molar refractivity (Wildman–Crippen MR) is 104 cm³/mol. The summed E-state index contributed by atoms with van der Waals surface area (Å²) >= 11 is 0. The van der Waals surface area contributed by atoms with E-state index in [-0.39, 0.29) is 29.7 Å². The van der Waals surface area contributed by atoms with Gasteiger partial charge in [-0.05, 0) is 58.5 Å². The number of ketones is 1. The van der Waals surface area contributed by atoms with Gasteiger partial charge >= 0.3 is 0 Å². The summed E-state index contributed by atoms with van der Waals surface area (Å²) in [6.07, 6.45) is 6.91. The molecule has 1 saturated carbocycles. The molecule has 8 nitrogen and oxygen atoms in total. The van der Waals surface area contributed by atoms with E-state index in [4.69, 9.17) is 0 Å². The minimum absolute atomic E-state index is 0.0101. The lowest BCUT2D eigenvalue weighted by Crippen LogP contribution is -2.39. The molecule has 1 saturated heterocycles. The first-order chi connectivity index (χ1) is 13.4. The van der Waals surface area contributed by atoms with Gasteiger partial charge in [-0.1, -0.05) is 0 Å². The first-order valence-corrected chi connectivity index (χ1v) is 9.93. The fraction of sp³-hybridized carbons (Fsp3) is 0.600. The van der Waals surface area contributed by atoms with Crippen LogP contribution in [-0.2, 0) is 17.9 Å². The number of carbonyl (C=O) groups excluding carboxylic acids is 2. The van der Waals surface area contributed by atoms with Crippen molar-refractivity contribution in [2.45, 2.75) is 59.2 Å². The monoisotopic (exact) mass is 384 g/mol. The highest BCUT2D eigenvalue weighted by Gasteiger charge is 2.55. The van der Waals surface area contributed by atoms with E-state index in [9.17, 15) is 9.59 Å². The molecular weight excluding hydrogens is 356 g/mol. The molecule has 1 spiro atoms. The summed E-state index contributed by atoms with van der Waals surface area (Å²) in [4.78, 5) is 34.1. The zero-order chi connectivity index (χ0) is 19.9. The second-order valence-electron chi connectivity index (χ2n) is 8.26. The molecule has 28 heavy (non-hydrogen) atoms. The normalized spacial score (nSPS) is 21.0. The first kappa shape index (κ1) is 18.9. The molecule has 8 heteroatoms. The largest absolute Gasteiger partial charge is 0.351 e. The van der Waals surface area contributed by atoms with Crippen LogP contribution in [0.5, 0.6) is 0 Å². The van der Waals surface area contributed by atoms with Gasteiger partial charge in [-0.25, -0.2) is 4.98 Å². The van der Waals surface area contributed by atoms with Crippen molar-refractivity contribution in [1.29, 1.82) is 0 Å². The Morgan fingerprint density at radius 2 is 2.07 bits per heavy atom. The third-order valence-electron chi connectivity index (χ3n) is 6.33. The SMILES string of the molecule is CC(=O)c1c(C)nn(CC(=O)NC2CC23CCN(Cc2ncc[nH]2)CC3)c1C. The number of aromatic nitrogens is 4. The quantitative estimate of drug-likeness (QED) is 0.738. The lowest BCUT2D eigenvalue weighted by molar-refractivity contribution is -0.122. The van der Waals surface area contributed by atoms with Gasteiger partial charge in [0.15, 0.2) is 5.78 Å². The number of hydrogen-bond donors (Lipinski definition) is 2. The lowest BCUT2D eigenvalue weighted by Gasteiger charge is -2.32. The summed E-state index contributed by atoms with van der Waals surface area (Å²) in [5, 5.41) is 7.55. The Kier molecular flexibility index (Phi) is 4.82. The van der Waals surface area contributed by atoms with Crippen molar-refractivity contribution < 1.29 is 9.59 Å². The Morgan fingerprint density at radius 3 is 2.68 bits per heavy atom. The van der Waals surface area contributed by atoms with Crippen LogP contribution in [0.15, 0.2) is 12.4 Å². The molecular formula is C20H28N6O2. The average Bonchev–Trinajstić information content (AvgIpc) is 2.95. The van der Waals surface area contributed by atoms with E-state index in [0.717, 1.165) is 50.4 Å². The standard InChI is InChI=1S/C20H28N6O2/c1-13-19(15(3)27)14(2)26(24-13)12-18(28)23-16-10-20(16)4-8-25(9-5-20)11-17-21-6-7-22-17/h6-7,16H,4-5,8-12H2,1-3H3,(H,21,22)(H,23,28). The number of carbonyl (C=O) groups is 2. The van der Waals surface area contributed by atoms with E-state index >= 15 is 0 Å². The second-order valence-corrected chi connectivity index (χ2v) is 8.26. The van der Waals surface area contributed by atoms with E-state index < -0.39 is 0 Å². The summed E-state index contributed by atoms with van der Waals surface area (Å²) in [5.41, 5.74) is 2.33. The molecule has 0 radical (unpaired) electrons. The van der Waals surface area contributed by atoms with Crippen molar-refractivity contribution in [2.75, 3.05) is 13.1 Å². The molecule has 1 unspecified atom stereocenters. The number of H-pyrrole nitrogens is 1. The van der Waals surface area contributed by atoms with Crippen molar-refractivity contribution in [1.82, 2.24) is 30.0 Å². The molecule has 1 aliphatic carbocycles. The van der Waals surface area contributed by atoms with Crippen LogP contribution in [0, 0.1) is 19.3 Å². The van der Waals surface area contributed by atoms with Gasteiger partial charge in [0.05, 0.1) is 17.8 Å². The fourth-order valence-electron chi connectivity index (χ4n) is 4.59. The predicted octanol–water partition coefficient (Wildman–Crippen LogP) is 1.60. The highest BCUT2D eigenvalue weighted by molar-refractivity contribution is 5.96. The summed E-state index contributed by atoms with van der Waals surface area (Å²) in [6, 6.07) is 0.259. The number of hydrogen-bond acceptors (Lipinski definition) is 5. The van der Waals surface area contributed by atoms with Gasteiger partial charge < -0.3 is 10.3 Å². The molecule has 2 aromatic heterocycles. The second kappa shape index (κ2) is 7.16. The zero-order valence-electron chi connectivity index (χ0n) is 16.8. The number of imidazole rings is 1. The minimum atomic E-state index is -0.0272. The number of rotatable bonds is 6. The number of piperidine rings is 1. The maximum Gasteiger partial charge on any atom is 0.241 e. The number of Topliss-reactive ketones (excluding diaryl/α,β-unsaturated/α-hetero) is 1. The summed E-state index contributed by atoms with van der Waals surface area (Å²) in [5.74, 6) is 0.969. The van der Waals surface area contributed by atoms with Gasteiger partial charge in [-0.2, -0.15) is 5.10 Å². The summed E-state index contributed by atoms with van der Waals surface area (Å²) < 4.78 is 1.64. The number of likely N-dealkylation sites (tertiary alicyclic amines) is 1. The Hall–Kier alpha value is -2.48. The van der Waals surface area contributed by atoms with Crippen LogP contribution in [0.2, 0.25) is 0 Å². The van der Waals surface area contributed by atoms with Crippen LogP contribution >= 0.6 is 0 Å². The van der Waals surface area contributed by atoms with Crippen molar-refractivity contribution in [2.24, 2.45) is 5.41 Å². The van der Waals surface area contributed by atoms with Gasteiger partial charge in [0.2, 0.25) is 5.91 Å². The van der Waals surface area contributed by atoms with Crippen LogP contribution in [-0.4, -0.2) is 55.5 Å². The maximum absolute atomic E-state index is 12.5. The summed E-state index contributed by atoms with van der Waals surface area (Å²) in [7, 11) is 0. The Bertz CT molecular complexity index is 877. The molecule has 0 aromatic carbocycles. The van der Waals surface area contributed by atoms with Gasteiger partial charge in [0.25, 0.3) is 0 Å². The average molecular weight is 384 g/mol. The van der Waals surface area contributed by atoms with Gasteiger partial charge in [0.1, 0.15) is 12.4 Å². The highest BCUT2D eigenvalue weighted by Crippen LogP contribution is 2.53. The first-order valence-electron chi connectivity index (χ1n) is 9.93. The number of amides is 1. The van der Waals surface area contributed by atoms with E-state index in [1.54, 1.807) is 10.9 Å². The molecule has 2 aliphatic rings. The third kappa shape index (κ3) is 3.61. The van der Waals surface area contributed by atoms with E-state index in [1.165, 1.54) is 6.92 Å². The molecule has 1 aliphatic heterocycles. The van der Waals surface area contributed by atoms with Crippen molar-refractivity contribution in [3.63, 3.8) is 0 Å². The molecule has 1 amide bonds. The van der Waals surface area contributed by atoms with Crippen LogP contribution in [0.1, 0.15) is 53.8 Å². The van der Waals surface area contributed by atoms with E-state index in [2.05, 4.69) is 25.3 Å². The smallest absolute Gasteiger partial charge is 0.241 e. The zero-order valence-corrected chi connectivity index (χ0v) is 16.8. The lowest BCUT2D eigenvalue weighted by atomic mass is 9.92. The van der Waals surface area contributed by atoms with Gasteiger partial charge in [-0.3, -0.25) is 19.2 Å². The molecule has 2 N–H and O–H groups in total. The fourth-order valence-corrected chi connectivity index (χ4v) is 4.59. The molecule has 150 valence electrons. The van der Waals surface area contributed by atoms with Crippen molar-refractivity contribution in [3.05, 3.63) is 35.2 Å². The van der Waals surface area contributed by atoms with Crippen molar-refractivity contribution >= 4 is 11.7 Å². The number of aromatic amines is 1. The summed E-state index contributed by atoms with van der Waals surface area (Å²) in [6.45, 7) is 8.28. The number of nitrogens with zero attached hydrogens (tertiary/aromatic N) is 4. The van der Waals surface area contributed by atoms with Gasteiger partial charge in [0, 0.05) is 24.1 Å². The third-order valence-corrected chi connectivity index (χ3v) is 6.33. The Balaban J connectivity index is 1.28. The minimum Gasteiger partial charge on any atom is -0.351 e. The molecule has 4 rings (SSSR count). The van der Waals surface area contributed by atoms with Crippen LogP contribution in [0.25, 0.3) is 0 Å². The van der Waals surface area contributed by atoms with E-state index in [0.29, 0.717) is 11.3 Å². The molecule has 0 bridgehead atoms. The highest BCUT2D eigenvalue weighted by atomic mass is 16.2. The number of nitrogens with one attached hydrogen (secondary N) is 2. The van der Waals surface area contributed by atoms with Gasteiger partial charge in [-0.15, -0.1) is 0 Å². The van der Waals surface area contributed by atoms with E-state index in [1.807, 2.05) is 20.0 Å². The maximum atomic E-state index is 12.5. The molecule has 3 heterocycles. The molecule has 1 atom stereocenters. The molecule has 2 aromatic rings. The number of aryl methyl sites for hydroxylation is 1.